The molecule has 1 heterocycles. The molecule has 0 bridgehead atoms. The van der Waals surface area contributed by atoms with E-state index in [-0.39, 0.29) is 4.77 Å². The Morgan fingerprint density at radius 2 is 2.11 bits per heavy atom. The third kappa shape index (κ3) is 2.50. The van der Waals surface area contributed by atoms with Crippen molar-refractivity contribution in [2.24, 2.45) is 0 Å². The summed E-state index contributed by atoms with van der Waals surface area (Å²) in [5.41, 5.74) is 0.737. The quantitative estimate of drug-likeness (QED) is 0.841. The zero-order valence-corrected chi connectivity index (χ0v) is 11.2. The van der Waals surface area contributed by atoms with E-state index in [9.17, 15) is 9.90 Å². The number of aromatic amines is 1. The third-order valence-electron chi connectivity index (χ3n) is 2.78. The smallest absolute Gasteiger partial charge is 0.196 e. The Hall–Kier alpha value is -2.15. The molecule has 0 amide bonds. The van der Waals surface area contributed by atoms with Crippen LogP contribution in [-0.4, -0.2) is 27.8 Å². The van der Waals surface area contributed by atoms with Crippen LogP contribution in [0.3, 0.4) is 0 Å². The van der Waals surface area contributed by atoms with Crippen molar-refractivity contribution < 1.29 is 14.6 Å². The molecule has 2 rings (SSSR count). The Kier molecular flexibility index (Phi) is 3.66. The van der Waals surface area contributed by atoms with Gasteiger partial charge in [0, 0.05) is 5.56 Å². The first kappa shape index (κ1) is 13.3. The molecule has 0 unspecified atom stereocenters. The maximum Gasteiger partial charge on any atom is 0.196 e. The van der Waals surface area contributed by atoms with E-state index in [0.29, 0.717) is 11.6 Å². The van der Waals surface area contributed by atoms with E-state index in [1.165, 1.54) is 11.5 Å². The maximum atomic E-state index is 11.0. The summed E-state index contributed by atoms with van der Waals surface area (Å²) in [5, 5.41) is 17.6. The molecule has 2 aromatic rings. The largest absolute Gasteiger partial charge is 0.548 e. The Labute approximate surface area is 114 Å². The highest BCUT2D eigenvalue weighted by atomic mass is 32.1. The number of carboxylic acid groups (broad SMARTS) is 1. The van der Waals surface area contributed by atoms with E-state index in [1.807, 2.05) is 0 Å². The molecule has 19 heavy (non-hydrogen) atoms. The van der Waals surface area contributed by atoms with Gasteiger partial charge in [-0.2, -0.15) is 5.10 Å². The Morgan fingerprint density at radius 1 is 1.47 bits per heavy atom. The number of H-pyrrole nitrogens is 1. The molecule has 0 spiro atoms. The number of rotatable bonds is 4. The number of ether oxygens (including phenoxy) is 1. The van der Waals surface area contributed by atoms with E-state index >= 15 is 0 Å². The van der Waals surface area contributed by atoms with Crippen molar-refractivity contribution in [1.29, 1.82) is 0 Å². The highest BCUT2D eigenvalue weighted by Gasteiger charge is 2.15. The zero-order chi connectivity index (χ0) is 14.0. The number of carboxylic acids is 1. The number of benzene rings is 1. The lowest BCUT2D eigenvalue weighted by Gasteiger charge is -2.16. The van der Waals surface area contributed by atoms with Crippen LogP contribution >= 0.6 is 12.2 Å². The predicted molar refractivity (Wildman–Crippen MR) is 69.1 cm³/mol. The number of carbonyl (C=O) groups excluding carboxylic acids is 1. The van der Waals surface area contributed by atoms with Gasteiger partial charge in [0.05, 0.1) is 19.1 Å². The first-order valence-electron chi connectivity index (χ1n) is 5.56. The fourth-order valence-electron chi connectivity index (χ4n) is 1.71. The summed E-state index contributed by atoms with van der Waals surface area (Å²) in [6.45, 7) is 1.49. The molecule has 0 aliphatic rings. The topological polar surface area (TPSA) is 83.0 Å². The molecule has 0 saturated heterocycles. The minimum atomic E-state index is -1.22. The molecule has 0 fully saturated rings. The van der Waals surface area contributed by atoms with Gasteiger partial charge in [0.2, 0.25) is 0 Å². The molecule has 6 nitrogen and oxygen atoms in total. The van der Waals surface area contributed by atoms with Crippen molar-refractivity contribution in [2.45, 2.75) is 13.0 Å². The summed E-state index contributed by atoms with van der Waals surface area (Å²) in [4.78, 5) is 11.0. The second-order valence-corrected chi connectivity index (χ2v) is 4.33. The van der Waals surface area contributed by atoms with Crippen LogP contribution in [0.4, 0.5) is 0 Å². The van der Waals surface area contributed by atoms with E-state index in [4.69, 9.17) is 17.0 Å². The molecule has 0 aliphatic carbocycles. The van der Waals surface area contributed by atoms with Crippen LogP contribution in [0.2, 0.25) is 0 Å². The number of hydrogen-bond acceptors (Lipinski definition) is 5. The van der Waals surface area contributed by atoms with Crippen LogP contribution in [0.25, 0.3) is 11.4 Å². The summed E-state index contributed by atoms with van der Waals surface area (Å²) in [7, 11) is 1.57. The maximum absolute atomic E-state index is 11.0. The van der Waals surface area contributed by atoms with Gasteiger partial charge in [0.25, 0.3) is 0 Å². The number of aliphatic carboxylic acids is 1. The molecule has 1 atom stereocenters. The molecular formula is C12H12N3O3S-. The molecule has 100 valence electrons. The summed E-state index contributed by atoms with van der Waals surface area (Å²) in [6, 6.07) is 6.19. The van der Waals surface area contributed by atoms with Gasteiger partial charge < -0.3 is 14.6 Å². The van der Waals surface area contributed by atoms with Crippen LogP contribution in [0, 0.1) is 4.77 Å². The van der Waals surface area contributed by atoms with E-state index in [1.54, 1.807) is 31.4 Å². The second-order valence-electron chi connectivity index (χ2n) is 3.95. The molecule has 1 aromatic heterocycles. The van der Waals surface area contributed by atoms with Crippen LogP contribution in [0.15, 0.2) is 24.3 Å². The molecule has 0 aliphatic heterocycles. The van der Waals surface area contributed by atoms with Crippen LogP contribution in [0.1, 0.15) is 13.0 Å². The van der Waals surface area contributed by atoms with Crippen LogP contribution < -0.4 is 9.84 Å². The van der Waals surface area contributed by atoms with Crippen molar-refractivity contribution >= 4 is 18.2 Å². The predicted octanol–water partition coefficient (Wildman–Crippen LogP) is 0.927. The number of nitrogens with one attached hydrogen (secondary N) is 1. The fourth-order valence-corrected chi connectivity index (χ4v) is 2.00. The molecular weight excluding hydrogens is 266 g/mol. The van der Waals surface area contributed by atoms with Gasteiger partial charge in [-0.25, -0.2) is 0 Å². The van der Waals surface area contributed by atoms with Gasteiger partial charge in [0.15, 0.2) is 10.6 Å². The van der Waals surface area contributed by atoms with Crippen molar-refractivity contribution in [2.75, 3.05) is 7.11 Å². The minimum absolute atomic E-state index is 0.238. The van der Waals surface area contributed by atoms with Crippen molar-refractivity contribution in [1.82, 2.24) is 14.8 Å². The molecule has 7 heteroatoms. The van der Waals surface area contributed by atoms with Crippen molar-refractivity contribution in [3.05, 3.63) is 29.0 Å². The van der Waals surface area contributed by atoms with Crippen LogP contribution in [0.5, 0.6) is 5.75 Å². The van der Waals surface area contributed by atoms with Gasteiger partial charge in [0.1, 0.15) is 5.75 Å². The first-order chi connectivity index (χ1) is 9.04. The van der Waals surface area contributed by atoms with Gasteiger partial charge in [-0.15, -0.1) is 0 Å². The lowest BCUT2D eigenvalue weighted by Crippen LogP contribution is -2.31. The number of nitrogens with zero attached hydrogens (tertiary/aromatic N) is 2. The number of methoxy groups -OCH3 is 1. The normalized spacial score (nSPS) is 12.1. The van der Waals surface area contributed by atoms with E-state index in [0.717, 1.165) is 5.56 Å². The second kappa shape index (κ2) is 5.23. The van der Waals surface area contributed by atoms with Gasteiger partial charge in [-0.1, -0.05) is 0 Å². The zero-order valence-electron chi connectivity index (χ0n) is 10.4. The van der Waals surface area contributed by atoms with Gasteiger partial charge in [-0.05, 0) is 43.4 Å². The molecule has 0 radical (unpaired) electrons. The first-order valence-corrected chi connectivity index (χ1v) is 5.97. The lowest BCUT2D eigenvalue weighted by molar-refractivity contribution is -0.309. The number of carbonyl (C=O) groups is 1. The Balaban J connectivity index is 2.50. The van der Waals surface area contributed by atoms with Crippen molar-refractivity contribution in [3.8, 4) is 17.1 Å². The number of aromatic nitrogens is 3. The standard InChI is InChI=1S/C12H13N3O3S/c1-7(11(16)17)15-10(13-14-12(15)19)8-3-5-9(18-2)6-4-8/h3-7H,1-2H3,(H,14,19)(H,16,17)/p-1/t7-/m0/s1. The Morgan fingerprint density at radius 3 is 2.63 bits per heavy atom. The average Bonchev–Trinajstić information content (AvgIpc) is 2.79. The Bertz CT molecular complexity index is 645. The number of hydrogen-bond donors (Lipinski definition) is 1. The lowest BCUT2D eigenvalue weighted by atomic mass is 10.2. The summed E-state index contributed by atoms with van der Waals surface area (Å²) >= 11 is 5.05. The van der Waals surface area contributed by atoms with Crippen molar-refractivity contribution in [3.63, 3.8) is 0 Å². The SMILES string of the molecule is COc1ccc(-c2n[nH]c(=S)n2[C@@H](C)C(=O)[O-])cc1. The van der Waals surface area contributed by atoms with E-state index in [2.05, 4.69) is 10.2 Å². The highest BCUT2D eigenvalue weighted by molar-refractivity contribution is 7.71. The molecule has 0 saturated carbocycles. The molecule has 1 N–H and O–H groups in total. The van der Waals surface area contributed by atoms with Gasteiger partial charge in [-0.3, -0.25) is 9.67 Å². The molecule has 1 aromatic carbocycles. The highest BCUT2D eigenvalue weighted by Crippen LogP contribution is 2.23. The third-order valence-corrected chi connectivity index (χ3v) is 3.07. The van der Waals surface area contributed by atoms with Gasteiger partial charge >= 0.3 is 0 Å². The van der Waals surface area contributed by atoms with Crippen LogP contribution in [-0.2, 0) is 4.79 Å². The summed E-state index contributed by atoms with van der Waals surface area (Å²) < 4.78 is 6.71. The van der Waals surface area contributed by atoms with E-state index < -0.39 is 12.0 Å². The monoisotopic (exact) mass is 278 g/mol. The minimum Gasteiger partial charge on any atom is -0.548 e. The summed E-state index contributed by atoms with van der Waals surface area (Å²) in [5.74, 6) is -0.0611. The summed E-state index contributed by atoms with van der Waals surface area (Å²) in [6.07, 6.45) is 0. The fraction of sp³-hybridized carbons (Fsp3) is 0.250. The average molecular weight is 278 g/mol.